The molecule has 6 nitrogen and oxygen atoms in total. The van der Waals surface area contributed by atoms with E-state index in [1.165, 1.54) is 0 Å². The molecule has 4 rings (SSSR count). The number of hydrogen-bond acceptors (Lipinski definition) is 4. The second-order valence-corrected chi connectivity index (χ2v) is 5.96. The summed E-state index contributed by atoms with van der Waals surface area (Å²) in [6.07, 6.45) is 0.574. The number of benzene rings is 2. The Bertz CT molecular complexity index is 1010. The van der Waals surface area contributed by atoms with Crippen LogP contribution < -0.4 is 14.8 Å². The van der Waals surface area contributed by atoms with Crippen LogP contribution >= 0.6 is 0 Å². The number of rotatable bonds is 4. The van der Waals surface area contributed by atoms with Gasteiger partial charge in [-0.05, 0) is 36.8 Å². The number of nitrogens with zero attached hydrogens (tertiary/aromatic N) is 1. The number of H-pyrrole nitrogens is 1. The molecule has 2 N–H and O–H groups in total. The number of ether oxygens (including phenoxy) is 2. The minimum absolute atomic E-state index is 0.118. The zero-order valence-corrected chi connectivity index (χ0v) is 14.3. The maximum atomic E-state index is 13.4. The first-order chi connectivity index (χ1) is 13.0. The van der Waals surface area contributed by atoms with Crippen molar-refractivity contribution in [2.24, 2.45) is 0 Å². The van der Waals surface area contributed by atoms with E-state index in [1.807, 2.05) is 6.92 Å². The number of aromatic amines is 1. The molecule has 0 saturated heterocycles. The Hall–Kier alpha value is -3.42. The molecule has 2 aromatic carbocycles. The van der Waals surface area contributed by atoms with Crippen LogP contribution in [0.1, 0.15) is 23.0 Å². The van der Waals surface area contributed by atoms with Crippen molar-refractivity contribution in [3.05, 3.63) is 59.3 Å². The Morgan fingerprint density at radius 1 is 1.15 bits per heavy atom. The first kappa shape index (κ1) is 17.0. The number of nitrogens with one attached hydrogen (secondary N) is 2. The van der Waals surface area contributed by atoms with Crippen LogP contribution in [0.15, 0.2) is 36.4 Å². The van der Waals surface area contributed by atoms with Crippen molar-refractivity contribution < 1.29 is 23.0 Å². The standard InChI is InChI=1S/C19H15F2N3O3/c1-2-14-18(22-19(25)11-5-12(20)8-13(21)6-11)17(24-23-14)10-3-4-15-16(7-10)27-9-26-15/h3-8H,2,9H2,1H3,(H,22,25)(H,23,24). The van der Waals surface area contributed by atoms with Crippen LogP contribution in [0, 0.1) is 11.6 Å². The van der Waals surface area contributed by atoms with Crippen LogP contribution in [0.2, 0.25) is 0 Å². The number of anilines is 1. The molecule has 138 valence electrons. The lowest BCUT2D eigenvalue weighted by atomic mass is 10.1. The van der Waals surface area contributed by atoms with Gasteiger partial charge in [0.2, 0.25) is 6.79 Å². The topological polar surface area (TPSA) is 76.2 Å². The van der Waals surface area contributed by atoms with Gasteiger partial charge in [-0.1, -0.05) is 6.92 Å². The van der Waals surface area contributed by atoms with Gasteiger partial charge >= 0.3 is 0 Å². The van der Waals surface area contributed by atoms with Crippen molar-refractivity contribution in [2.75, 3.05) is 12.1 Å². The molecule has 0 bridgehead atoms. The summed E-state index contributed by atoms with van der Waals surface area (Å²) in [5.74, 6) is -1.06. The van der Waals surface area contributed by atoms with E-state index < -0.39 is 17.5 Å². The highest BCUT2D eigenvalue weighted by molar-refractivity contribution is 6.06. The van der Waals surface area contributed by atoms with Gasteiger partial charge in [-0.2, -0.15) is 5.10 Å². The Kier molecular flexibility index (Phi) is 4.23. The van der Waals surface area contributed by atoms with Crippen molar-refractivity contribution in [3.8, 4) is 22.8 Å². The Labute approximate surface area is 153 Å². The fraction of sp³-hybridized carbons (Fsp3) is 0.158. The fourth-order valence-corrected chi connectivity index (χ4v) is 2.89. The minimum atomic E-state index is -0.820. The van der Waals surface area contributed by atoms with Crippen molar-refractivity contribution in [1.29, 1.82) is 0 Å². The molecule has 0 spiro atoms. The molecule has 0 fully saturated rings. The monoisotopic (exact) mass is 371 g/mol. The molecule has 1 aromatic heterocycles. The summed E-state index contributed by atoms with van der Waals surface area (Å²) in [5.41, 5.74) is 2.22. The number of aryl methyl sites for hydroxylation is 1. The predicted octanol–water partition coefficient (Wildman–Crippen LogP) is 3.90. The van der Waals surface area contributed by atoms with E-state index in [9.17, 15) is 13.6 Å². The average Bonchev–Trinajstić information content (AvgIpc) is 3.26. The van der Waals surface area contributed by atoms with E-state index in [2.05, 4.69) is 15.5 Å². The van der Waals surface area contributed by atoms with Crippen LogP contribution in [0.25, 0.3) is 11.3 Å². The van der Waals surface area contributed by atoms with E-state index >= 15 is 0 Å². The first-order valence-electron chi connectivity index (χ1n) is 8.30. The van der Waals surface area contributed by atoms with Crippen molar-refractivity contribution in [1.82, 2.24) is 10.2 Å². The zero-order chi connectivity index (χ0) is 19.0. The van der Waals surface area contributed by atoms with Gasteiger partial charge in [0.25, 0.3) is 5.91 Å². The average molecular weight is 371 g/mol. The molecule has 0 radical (unpaired) electrons. The SMILES string of the molecule is CCc1[nH]nc(-c2ccc3c(c2)OCO3)c1NC(=O)c1cc(F)cc(F)c1. The van der Waals surface area contributed by atoms with E-state index in [4.69, 9.17) is 9.47 Å². The van der Waals surface area contributed by atoms with Gasteiger partial charge in [-0.25, -0.2) is 8.78 Å². The molecule has 0 saturated carbocycles. The molecule has 0 unspecified atom stereocenters. The highest BCUT2D eigenvalue weighted by Crippen LogP contribution is 2.38. The van der Waals surface area contributed by atoms with E-state index in [0.29, 0.717) is 46.6 Å². The third kappa shape index (κ3) is 3.21. The predicted molar refractivity (Wildman–Crippen MR) is 93.8 cm³/mol. The lowest BCUT2D eigenvalue weighted by Crippen LogP contribution is -2.14. The third-order valence-electron chi connectivity index (χ3n) is 4.20. The summed E-state index contributed by atoms with van der Waals surface area (Å²) in [7, 11) is 0. The van der Waals surface area contributed by atoms with E-state index in [0.717, 1.165) is 12.1 Å². The van der Waals surface area contributed by atoms with Crippen LogP contribution in [0.3, 0.4) is 0 Å². The summed E-state index contributed by atoms with van der Waals surface area (Å²) in [5, 5.41) is 9.87. The number of hydrogen-bond donors (Lipinski definition) is 2. The lowest BCUT2D eigenvalue weighted by molar-refractivity contribution is 0.102. The highest BCUT2D eigenvalue weighted by Gasteiger charge is 2.21. The van der Waals surface area contributed by atoms with E-state index in [1.54, 1.807) is 18.2 Å². The number of aromatic nitrogens is 2. The van der Waals surface area contributed by atoms with Crippen LogP contribution in [-0.4, -0.2) is 22.9 Å². The molecule has 3 aromatic rings. The maximum Gasteiger partial charge on any atom is 0.255 e. The van der Waals surface area contributed by atoms with Crippen LogP contribution in [-0.2, 0) is 6.42 Å². The van der Waals surface area contributed by atoms with Crippen LogP contribution in [0.4, 0.5) is 14.5 Å². The van der Waals surface area contributed by atoms with Gasteiger partial charge in [0, 0.05) is 17.2 Å². The number of carbonyl (C=O) groups is 1. The normalized spacial score (nSPS) is 12.3. The quantitative estimate of drug-likeness (QED) is 0.729. The lowest BCUT2D eigenvalue weighted by Gasteiger charge is -2.09. The molecular formula is C19H15F2N3O3. The molecule has 1 aliphatic rings. The summed E-state index contributed by atoms with van der Waals surface area (Å²) in [6.45, 7) is 2.04. The fourth-order valence-electron chi connectivity index (χ4n) is 2.89. The van der Waals surface area contributed by atoms with Gasteiger partial charge in [0.1, 0.15) is 17.3 Å². The number of fused-ring (bicyclic) bond motifs is 1. The summed E-state index contributed by atoms with van der Waals surface area (Å²) in [4.78, 5) is 12.5. The van der Waals surface area contributed by atoms with Crippen molar-refractivity contribution in [2.45, 2.75) is 13.3 Å². The second kappa shape index (κ2) is 6.71. The van der Waals surface area contributed by atoms with Gasteiger partial charge in [0.05, 0.1) is 11.4 Å². The van der Waals surface area contributed by atoms with Gasteiger partial charge in [0.15, 0.2) is 11.5 Å². The molecular weight excluding hydrogens is 356 g/mol. The molecule has 0 atom stereocenters. The third-order valence-corrected chi connectivity index (χ3v) is 4.20. The molecule has 27 heavy (non-hydrogen) atoms. The Balaban J connectivity index is 1.70. The second-order valence-electron chi connectivity index (χ2n) is 5.96. The van der Waals surface area contributed by atoms with Crippen molar-refractivity contribution >= 4 is 11.6 Å². The molecule has 2 heterocycles. The molecule has 1 amide bonds. The summed E-state index contributed by atoms with van der Waals surface area (Å²) < 4.78 is 37.5. The number of amides is 1. The van der Waals surface area contributed by atoms with Gasteiger partial charge in [-0.3, -0.25) is 9.89 Å². The smallest absolute Gasteiger partial charge is 0.255 e. The maximum absolute atomic E-state index is 13.4. The van der Waals surface area contributed by atoms with Crippen LogP contribution in [0.5, 0.6) is 11.5 Å². The van der Waals surface area contributed by atoms with Gasteiger partial charge < -0.3 is 14.8 Å². The summed E-state index contributed by atoms with van der Waals surface area (Å²) >= 11 is 0. The first-order valence-corrected chi connectivity index (χ1v) is 8.30. The highest BCUT2D eigenvalue weighted by atomic mass is 19.1. The number of carbonyl (C=O) groups excluding carboxylic acids is 1. The van der Waals surface area contributed by atoms with Crippen molar-refractivity contribution in [3.63, 3.8) is 0 Å². The Morgan fingerprint density at radius 2 is 1.89 bits per heavy atom. The number of halogens is 2. The largest absolute Gasteiger partial charge is 0.454 e. The van der Waals surface area contributed by atoms with E-state index in [-0.39, 0.29) is 12.4 Å². The minimum Gasteiger partial charge on any atom is -0.454 e. The summed E-state index contributed by atoms with van der Waals surface area (Å²) in [6, 6.07) is 7.97. The molecule has 1 aliphatic heterocycles. The molecule has 0 aliphatic carbocycles. The zero-order valence-electron chi connectivity index (χ0n) is 14.3. The van der Waals surface area contributed by atoms with Gasteiger partial charge in [-0.15, -0.1) is 0 Å². The Morgan fingerprint density at radius 3 is 2.63 bits per heavy atom. The molecule has 8 heteroatoms.